The monoisotopic (exact) mass is 320 g/mol. The maximum atomic E-state index is 12.4. The molecule has 2 aliphatic rings. The molecule has 0 amide bonds. The smallest absolute Gasteiger partial charge is 0.200 e. The summed E-state index contributed by atoms with van der Waals surface area (Å²) in [5.41, 5.74) is 2.32. The van der Waals surface area contributed by atoms with Crippen molar-refractivity contribution in [3.05, 3.63) is 29.8 Å². The fraction of sp³-hybridized carbons (Fsp3) is 0.588. The molecule has 0 saturated heterocycles. The Labute approximate surface area is 133 Å². The third kappa shape index (κ3) is 2.56. The molecule has 1 aromatic rings. The Morgan fingerprint density at radius 2 is 1.82 bits per heavy atom. The fourth-order valence-electron chi connectivity index (χ4n) is 3.82. The van der Waals surface area contributed by atoms with E-state index < -0.39 is 10.0 Å². The lowest BCUT2D eigenvalue weighted by Crippen LogP contribution is -2.26. The predicted molar refractivity (Wildman–Crippen MR) is 88.1 cm³/mol. The molecule has 3 rings (SSSR count). The summed E-state index contributed by atoms with van der Waals surface area (Å²) in [6, 6.07) is 6.83. The maximum absolute atomic E-state index is 12.4. The van der Waals surface area contributed by atoms with Gasteiger partial charge >= 0.3 is 0 Å². The lowest BCUT2D eigenvalue weighted by molar-refractivity contribution is 0.495. The van der Waals surface area contributed by atoms with Crippen LogP contribution in [0.3, 0.4) is 0 Å². The summed E-state index contributed by atoms with van der Waals surface area (Å²) in [6.45, 7) is 8.58. The fourth-order valence-corrected chi connectivity index (χ4v) is 4.64. The molecule has 1 aromatic carbocycles. The van der Waals surface area contributed by atoms with Crippen molar-refractivity contribution >= 4 is 15.7 Å². The van der Waals surface area contributed by atoms with Crippen LogP contribution in [0.1, 0.15) is 39.2 Å². The van der Waals surface area contributed by atoms with E-state index >= 15 is 0 Å². The molecule has 2 fully saturated rings. The summed E-state index contributed by atoms with van der Waals surface area (Å²) in [5, 5.41) is 4.33. The zero-order chi connectivity index (χ0) is 16.1. The van der Waals surface area contributed by atoms with E-state index in [0.717, 1.165) is 17.7 Å². The first-order chi connectivity index (χ1) is 10.2. The van der Waals surface area contributed by atoms with Crippen LogP contribution in [0.2, 0.25) is 0 Å². The summed E-state index contributed by atoms with van der Waals surface area (Å²) in [7, 11) is -3.58. The van der Waals surface area contributed by atoms with Crippen LogP contribution in [-0.4, -0.2) is 14.1 Å². The highest BCUT2D eigenvalue weighted by Gasteiger charge is 2.62. The van der Waals surface area contributed by atoms with E-state index in [1.165, 1.54) is 6.42 Å². The third-order valence-electron chi connectivity index (χ3n) is 5.41. The number of benzene rings is 1. The van der Waals surface area contributed by atoms with Gasteiger partial charge in [0.2, 0.25) is 0 Å². The van der Waals surface area contributed by atoms with Gasteiger partial charge in [0, 0.05) is 11.6 Å². The highest BCUT2D eigenvalue weighted by Crippen LogP contribution is 2.64. The Hall–Kier alpha value is -1.36. The summed E-state index contributed by atoms with van der Waals surface area (Å²) in [4.78, 5) is 2.71. The van der Waals surface area contributed by atoms with E-state index in [2.05, 4.69) is 30.7 Å². The minimum absolute atomic E-state index is 0.262. The zero-order valence-electron chi connectivity index (χ0n) is 13.6. The summed E-state index contributed by atoms with van der Waals surface area (Å²) in [6.07, 6.45) is 2.32. The molecule has 0 heterocycles. The number of rotatable bonds is 3. The van der Waals surface area contributed by atoms with Crippen molar-refractivity contribution in [3.63, 3.8) is 0 Å². The molecule has 0 aromatic heterocycles. The third-order valence-corrected chi connectivity index (χ3v) is 6.64. The van der Waals surface area contributed by atoms with Crippen LogP contribution in [0, 0.1) is 30.1 Å². The van der Waals surface area contributed by atoms with Crippen molar-refractivity contribution in [2.24, 2.45) is 28.3 Å². The number of sulfonamides is 1. The molecule has 120 valence electrons. The molecule has 22 heavy (non-hydrogen) atoms. The van der Waals surface area contributed by atoms with Gasteiger partial charge in [-0.2, -0.15) is 13.5 Å². The normalized spacial score (nSPS) is 31.6. The first kappa shape index (κ1) is 15.5. The standard InChI is InChI=1S/C17H24N2O2S/c1-11-5-8-13(9-6-11)22(20,21)19-18-16-12(2)7-10-14-15(16)17(14,3)4/h5-6,8-9,12,14-15,19H,7,10H2,1-4H3/b18-16-/t12-,14-,15-/m0/s1. The molecular weight excluding hydrogens is 296 g/mol. The highest BCUT2D eigenvalue weighted by molar-refractivity contribution is 7.89. The molecule has 2 aliphatic carbocycles. The van der Waals surface area contributed by atoms with E-state index in [4.69, 9.17) is 0 Å². The summed E-state index contributed by atoms with van der Waals surface area (Å²) in [5.74, 6) is 1.44. The van der Waals surface area contributed by atoms with E-state index in [-0.39, 0.29) is 10.3 Å². The topological polar surface area (TPSA) is 58.5 Å². The molecule has 0 radical (unpaired) electrons. The van der Waals surface area contributed by atoms with Crippen LogP contribution >= 0.6 is 0 Å². The number of hydrogen-bond acceptors (Lipinski definition) is 3. The lowest BCUT2D eigenvalue weighted by Gasteiger charge is -2.19. The molecule has 0 unspecified atom stereocenters. The van der Waals surface area contributed by atoms with E-state index in [1.54, 1.807) is 24.3 Å². The van der Waals surface area contributed by atoms with Crippen molar-refractivity contribution in [1.29, 1.82) is 0 Å². The van der Waals surface area contributed by atoms with Crippen LogP contribution in [0.25, 0.3) is 0 Å². The van der Waals surface area contributed by atoms with E-state index in [9.17, 15) is 8.42 Å². The second-order valence-corrected chi connectivity index (χ2v) is 8.99. The SMILES string of the molecule is Cc1ccc(S(=O)(=O)N/N=C2\[C@@H]3[C@H](CC[C@@H]2C)C3(C)C)cc1. The Morgan fingerprint density at radius 3 is 2.45 bits per heavy atom. The molecule has 0 bridgehead atoms. The zero-order valence-corrected chi connectivity index (χ0v) is 14.4. The van der Waals surface area contributed by atoms with Gasteiger partial charge in [0.15, 0.2) is 0 Å². The van der Waals surface area contributed by atoms with Crippen LogP contribution in [0.5, 0.6) is 0 Å². The van der Waals surface area contributed by atoms with Crippen LogP contribution in [-0.2, 0) is 10.0 Å². The predicted octanol–water partition coefficient (Wildman–Crippen LogP) is 3.33. The largest absolute Gasteiger partial charge is 0.276 e. The number of fused-ring (bicyclic) bond motifs is 1. The number of nitrogens with one attached hydrogen (secondary N) is 1. The molecule has 1 N–H and O–H groups in total. The summed E-state index contributed by atoms with van der Waals surface area (Å²) < 4.78 is 24.7. The van der Waals surface area contributed by atoms with Crippen LogP contribution < -0.4 is 4.83 Å². The van der Waals surface area contributed by atoms with Gasteiger partial charge in [-0.25, -0.2) is 4.83 Å². The van der Waals surface area contributed by atoms with Gasteiger partial charge in [-0.15, -0.1) is 0 Å². The number of hydrazone groups is 1. The average Bonchev–Trinajstić information content (AvgIpc) is 3.00. The minimum atomic E-state index is -3.58. The van der Waals surface area contributed by atoms with E-state index in [0.29, 0.717) is 17.8 Å². The first-order valence-corrected chi connectivity index (χ1v) is 9.38. The Kier molecular flexibility index (Phi) is 3.59. The Morgan fingerprint density at radius 1 is 1.18 bits per heavy atom. The van der Waals surface area contributed by atoms with Gasteiger partial charge in [0.05, 0.1) is 4.90 Å². The van der Waals surface area contributed by atoms with Crippen molar-refractivity contribution < 1.29 is 8.42 Å². The average molecular weight is 320 g/mol. The Balaban J connectivity index is 1.82. The molecule has 2 saturated carbocycles. The quantitative estimate of drug-likeness (QED) is 0.868. The maximum Gasteiger partial charge on any atom is 0.276 e. The second kappa shape index (κ2) is 5.08. The van der Waals surface area contributed by atoms with Crippen molar-refractivity contribution in [1.82, 2.24) is 4.83 Å². The van der Waals surface area contributed by atoms with Gasteiger partial charge in [0.25, 0.3) is 10.0 Å². The number of nitrogens with zero attached hydrogens (tertiary/aromatic N) is 1. The van der Waals surface area contributed by atoms with Gasteiger partial charge in [0.1, 0.15) is 0 Å². The minimum Gasteiger partial charge on any atom is -0.200 e. The highest BCUT2D eigenvalue weighted by atomic mass is 32.2. The molecular formula is C17H24N2O2S. The molecule has 3 atom stereocenters. The first-order valence-electron chi connectivity index (χ1n) is 7.89. The van der Waals surface area contributed by atoms with Crippen molar-refractivity contribution in [2.75, 3.05) is 0 Å². The van der Waals surface area contributed by atoms with Crippen molar-refractivity contribution in [2.45, 2.75) is 45.4 Å². The number of aryl methyl sites for hydroxylation is 1. The van der Waals surface area contributed by atoms with Crippen molar-refractivity contribution in [3.8, 4) is 0 Å². The van der Waals surface area contributed by atoms with E-state index in [1.807, 2.05) is 6.92 Å². The molecule has 0 aliphatic heterocycles. The molecule has 4 nitrogen and oxygen atoms in total. The van der Waals surface area contributed by atoms with Gasteiger partial charge < -0.3 is 0 Å². The molecule has 5 heteroatoms. The van der Waals surface area contributed by atoms with Gasteiger partial charge in [-0.1, -0.05) is 38.5 Å². The number of hydrogen-bond donors (Lipinski definition) is 1. The van der Waals surface area contributed by atoms with Gasteiger partial charge in [-0.05, 0) is 49.1 Å². The van der Waals surface area contributed by atoms with Gasteiger partial charge in [-0.3, -0.25) is 0 Å². The summed E-state index contributed by atoms with van der Waals surface area (Å²) >= 11 is 0. The Bertz CT molecular complexity index is 705. The van der Waals surface area contributed by atoms with Crippen LogP contribution in [0.15, 0.2) is 34.3 Å². The van der Waals surface area contributed by atoms with Crippen LogP contribution in [0.4, 0.5) is 0 Å². The second-order valence-electron chi connectivity index (χ2n) is 7.33. The molecule has 0 spiro atoms. The lowest BCUT2D eigenvalue weighted by atomic mass is 9.89.